The van der Waals surface area contributed by atoms with Gasteiger partial charge in [0.2, 0.25) is 5.91 Å². The maximum atomic E-state index is 11.9. The van der Waals surface area contributed by atoms with Gasteiger partial charge in [0.05, 0.1) is 11.3 Å². The average Bonchev–Trinajstić information content (AvgIpc) is 3.12. The SMILES string of the molecule is CC(C(=O)Nc1cc(Cl)ccc1C#N)C1CC1. The largest absolute Gasteiger partial charge is 0.325 e. The Morgan fingerprint density at radius 3 is 2.88 bits per heavy atom. The lowest BCUT2D eigenvalue weighted by Crippen LogP contribution is -2.22. The number of amides is 1. The molecule has 1 aliphatic rings. The van der Waals surface area contributed by atoms with E-state index in [1.807, 2.05) is 13.0 Å². The minimum Gasteiger partial charge on any atom is -0.325 e. The first kappa shape index (κ1) is 11.9. The van der Waals surface area contributed by atoms with Crippen molar-refractivity contribution in [3.8, 4) is 6.07 Å². The van der Waals surface area contributed by atoms with Gasteiger partial charge in [-0.3, -0.25) is 4.79 Å². The van der Waals surface area contributed by atoms with Crippen LogP contribution in [0.4, 0.5) is 5.69 Å². The summed E-state index contributed by atoms with van der Waals surface area (Å²) in [6, 6.07) is 6.90. The molecule has 17 heavy (non-hydrogen) atoms. The summed E-state index contributed by atoms with van der Waals surface area (Å²) in [5.74, 6) is 0.464. The lowest BCUT2D eigenvalue weighted by atomic mass is 10.1. The molecular weight excluding hydrogens is 236 g/mol. The summed E-state index contributed by atoms with van der Waals surface area (Å²) in [4.78, 5) is 11.9. The summed E-state index contributed by atoms with van der Waals surface area (Å²) in [6.07, 6.45) is 2.24. The molecule has 3 nitrogen and oxygen atoms in total. The molecule has 1 aromatic carbocycles. The molecule has 1 saturated carbocycles. The van der Waals surface area contributed by atoms with E-state index in [2.05, 4.69) is 5.32 Å². The van der Waals surface area contributed by atoms with Crippen LogP contribution in [0.1, 0.15) is 25.3 Å². The molecule has 0 aliphatic heterocycles. The molecule has 88 valence electrons. The normalized spacial score (nSPS) is 16.1. The smallest absolute Gasteiger partial charge is 0.227 e. The number of rotatable bonds is 3. The summed E-state index contributed by atoms with van der Waals surface area (Å²) >= 11 is 5.85. The van der Waals surface area contributed by atoms with E-state index in [0.717, 1.165) is 12.8 Å². The first-order valence-electron chi connectivity index (χ1n) is 5.62. The van der Waals surface area contributed by atoms with Crippen molar-refractivity contribution in [2.45, 2.75) is 19.8 Å². The van der Waals surface area contributed by atoms with E-state index < -0.39 is 0 Å². The van der Waals surface area contributed by atoms with Crippen LogP contribution in [0.2, 0.25) is 5.02 Å². The van der Waals surface area contributed by atoms with Crippen molar-refractivity contribution in [1.29, 1.82) is 5.26 Å². The van der Waals surface area contributed by atoms with Crippen LogP contribution < -0.4 is 5.32 Å². The third-order valence-corrected chi connectivity index (χ3v) is 3.34. The molecule has 0 spiro atoms. The Kier molecular flexibility index (Phi) is 3.35. The highest BCUT2D eigenvalue weighted by atomic mass is 35.5. The Bertz CT molecular complexity index is 489. The van der Waals surface area contributed by atoms with E-state index >= 15 is 0 Å². The molecule has 1 aromatic rings. The van der Waals surface area contributed by atoms with Crippen LogP contribution in [0.25, 0.3) is 0 Å². The number of carbonyl (C=O) groups excluding carboxylic acids is 1. The maximum Gasteiger partial charge on any atom is 0.227 e. The van der Waals surface area contributed by atoms with Crippen LogP contribution in [0.3, 0.4) is 0 Å². The Labute approximate surface area is 105 Å². The topological polar surface area (TPSA) is 52.9 Å². The minimum absolute atomic E-state index is 0.000486. The van der Waals surface area contributed by atoms with Crippen LogP contribution >= 0.6 is 11.6 Å². The van der Waals surface area contributed by atoms with E-state index in [1.54, 1.807) is 18.2 Å². The molecule has 0 heterocycles. The Morgan fingerprint density at radius 1 is 1.59 bits per heavy atom. The average molecular weight is 249 g/mol. The second-order valence-corrected chi connectivity index (χ2v) is 4.85. The fraction of sp³-hybridized carbons (Fsp3) is 0.385. The Morgan fingerprint density at radius 2 is 2.29 bits per heavy atom. The highest BCUT2D eigenvalue weighted by molar-refractivity contribution is 6.31. The third-order valence-electron chi connectivity index (χ3n) is 3.10. The van der Waals surface area contributed by atoms with Crippen molar-refractivity contribution in [1.82, 2.24) is 0 Å². The number of nitrogens with zero attached hydrogens (tertiary/aromatic N) is 1. The fourth-order valence-corrected chi connectivity index (χ4v) is 1.95. The number of benzene rings is 1. The van der Waals surface area contributed by atoms with Gasteiger partial charge in [-0.05, 0) is 37.0 Å². The number of anilines is 1. The van der Waals surface area contributed by atoms with Crippen LogP contribution in [0.5, 0.6) is 0 Å². The van der Waals surface area contributed by atoms with E-state index in [9.17, 15) is 4.79 Å². The van der Waals surface area contributed by atoms with Crippen molar-refractivity contribution in [2.24, 2.45) is 11.8 Å². The number of nitriles is 1. The predicted octanol–water partition coefficient (Wildman–Crippen LogP) is 3.20. The lowest BCUT2D eigenvalue weighted by molar-refractivity contribution is -0.119. The van der Waals surface area contributed by atoms with Crippen molar-refractivity contribution in [3.05, 3.63) is 28.8 Å². The highest BCUT2D eigenvalue weighted by Crippen LogP contribution is 2.37. The zero-order valence-electron chi connectivity index (χ0n) is 9.53. The molecule has 1 atom stereocenters. The van der Waals surface area contributed by atoms with Gasteiger partial charge in [-0.1, -0.05) is 18.5 Å². The van der Waals surface area contributed by atoms with Gasteiger partial charge in [0.25, 0.3) is 0 Å². The highest BCUT2D eigenvalue weighted by Gasteiger charge is 2.32. The lowest BCUT2D eigenvalue weighted by Gasteiger charge is -2.12. The Hall–Kier alpha value is -1.53. The van der Waals surface area contributed by atoms with Crippen LogP contribution in [0.15, 0.2) is 18.2 Å². The summed E-state index contributed by atoms with van der Waals surface area (Å²) in [5.41, 5.74) is 0.934. The van der Waals surface area contributed by atoms with Gasteiger partial charge in [-0.25, -0.2) is 0 Å². The molecular formula is C13H13ClN2O. The van der Waals surface area contributed by atoms with E-state index in [1.165, 1.54) is 0 Å². The maximum absolute atomic E-state index is 11.9. The van der Waals surface area contributed by atoms with Gasteiger partial charge in [0.15, 0.2) is 0 Å². The first-order chi connectivity index (χ1) is 8.11. The van der Waals surface area contributed by atoms with E-state index in [-0.39, 0.29) is 11.8 Å². The van der Waals surface area contributed by atoms with Crippen LogP contribution in [-0.2, 0) is 4.79 Å². The molecule has 1 unspecified atom stereocenters. The first-order valence-corrected chi connectivity index (χ1v) is 6.00. The second-order valence-electron chi connectivity index (χ2n) is 4.42. The minimum atomic E-state index is -0.0359. The second kappa shape index (κ2) is 4.77. The molecule has 0 bridgehead atoms. The zero-order chi connectivity index (χ0) is 12.4. The summed E-state index contributed by atoms with van der Waals surface area (Å²) in [6.45, 7) is 1.92. The van der Waals surface area contributed by atoms with Crippen molar-refractivity contribution in [3.63, 3.8) is 0 Å². The molecule has 1 amide bonds. The number of carbonyl (C=O) groups is 1. The quantitative estimate of drug-likeness (QED) is 0.893. The van der Waals surface area contributed by atoms with E-state index in [0.29, 0.717) is 22.2 Å². The molecule has 0 aromatic heterocycles. The molecule has 2 rings (SSSR count). The molecule has 4 heteroatoms. The van der Waals surface area contributed by atoms with Gasteiger partial charge < -0.3 is 5.32 Å². The molecule has 1 aliphatic carbocycles. The molecule has 0 radical (unpaired) electrons. The molecule has 1 N–H and O–H groups in total. The summed E-state index contributed by atoms with van der Waals surface area (Å²) in [7, 11) is 0. The van der Waals surface area contributed by atoms with Crippen molar-refractivity contribution in [2.75, 3.05) is 5.32 Å². The van der Waals surface area contributed by atoms with Crippen LogP contribution in [-0.4, -0.2) is 5.91 Å². The monoisotopic (exact) mass is 248 g/mol. The van der Waals surface area contributed by atoms with Gasteiger partial charge >= 0.3 is 0 Å². The number of hydrogen-bond acceptors (Lipinski definition) is 2. The van der Waals surface area contributed by atoms with Crippen LogP contribution in [0, 0.1) is 23.2 Å². The zero-order valence-corrected chi connectivity index (χ0v) is 10.3. The number of hydrogen-bond donors (Lipinski definition) is 1. The molecule has 1 fully saturated rings. The number of nitrogens with one attached hydrogen (secondary N) is 1. The standard InChI is InChI=1S/C13H13ClN2O/c1-8(9-2-3-9)13(17)16-12-6-11(14)5-4-10(12)7-15/h4-6,8-9H,2-3H2,1H3,(H,16,17). The Balaban J connectivity index is 2.14. The van der Waals surface area contributed by atoms with Gasteiger partial charge in [0.1, 0.15) is 6.07 Å². The fourth-order valence-electron chi connectivity index (χ4n) is 1.77. The third kappa shape index (κ3) is 2.78. The predicted molar refractivity (Wildman–Crippen MR) is 66.7 cm³/mol. The summed E-state index contributed by atoms with van der Waals surface area (Å²) in [5, 5.41) is 12.2. The van der Waals surface area contributed by atoms with E-state index in [4.69, 9.17) is 16.9 Å². The van der Waals surface area contributed by atoms with Gasteiger partial charge in [-0.15, -0.1) is 0 Å². The van der Waals surface area contributed by atoms with Crippen molar-refractivity contribution < 1.29 is 4.79 Å². The molecule has 0 saturated heterocycles. The van der Waals surface area contributed by atoms with Gasteiger partial charge in [0, 0.05) is 10.9 Å². The number of halogens is 1. The summed E-state index contributed by atoms with van der Waals surface area (Å²) < 4.78 is 0. The van der Waals surface area contributed by atoms with Crippen molar-refractivity contribution >= 4 is 23.2 Å². The van der Waals surface area contributed by atoms with Gasteiger partial charge in [-0.2, -0.15) is 5.26 Å².